The second-order valence-electron chi connectivity index (χ2n) is 8.71. The van der Waals surface area contributed by atoms with Gasteiger partial charge in [0.1, 0.15) is 5.75 Å². The lowest BCUT2D eigenvalue weighted by atomic mass is 10.0. The molecular formula is C30H33N3OS. The molecule has 35 heavy (non-hydrogen) atoms. The van der Waals surface area contributed by atoms with Gasteiger partial charge in [-0.1, -0.05) is 80.0 Å². The molecule has 4 nitrogen and oxygen atoms in total. The molecule has 0 saturated carbocycles. The minimum absolute atomic E-state index is 0.764. The molecule has 4 rings (SSSR count). The standard InChI is InChI=1S/C30H33N3OS/c1-4-5-6-10-19-34-27-17-14-24(15-18-27)21-31-33-30-32-28(26-16-13-22(2)23(3)20-26)29(35-30)25-11-8-7-9-12-25/h7-9,11-18,20-21H,4-6,10,19H2,1-3H3,(H,32,33)/b31-21-. The van der Waals surface area contributed by atoms with Crippen molar-refractivity contribution >= 4 is 22.7 Å². The van der Waals surface area contributed by atoms with E-state index >= 15 is 0 Å². The predicted octanol–water partition coefficient (Wildman–Crippen LogP) is 8.50. The molecule has 0 aliphatic carbocycles. The third-order valence-electron chi connectivity index (χ3n) is 5.96. The zero-order valence-electron chi connectivity index (χ0n) is 20.8. The van der Waals surface area contributed by atoms with Crippen LogP contribution in [0.15, 0.2) is 77.9 Å². The van der Waals surface area contributed by atoms with E-state index in [9.17, 15) is 0 Å². The van der Waals surface area contributed by atoms with Crippen molar-refractivity contribution in [2.75, 3.05) is 12.0 Å². The number of hydrogen-bond donors (Lipinski definition) is 1. The van der Waals surface area contributed by atoms with Gasteiger partial charge in [0, 0.05) is 5.56 Å². The van der Waals surface area contributed by atoms with E-state index in [1.54, 1.807) is 11.3 Å². The molecule has 0 bridgehead atoms. The van der Waals surface area contributed by atoms with Crippen LogP contribution in [0.4, 0.5) is 5.13 Å². The van der Waals surface area contributed by atoms with Crippen molar-refractivity contribution in [1.82, 2.24) is 4.98 Å². The molecule has 180 valence electrons. The van der Waals surface area contributed by atoms with Gasteiger partial charge in [-0.3, -0.25) is 5.43 Å². The van der Waals surface area contributed by atoms with Crippen LogP contribution < -0.4 is 10.2 Å². The molecule has 5 heteroatoms. The second-order valence-corrected chi connectivity index (χ2v) is 9.71. The van der Waals surface area contributed by atoms with Gasteiger partial charge in [-0.2, -0.15) is 5.10 Å². The molecule has 0 fully saturated rings. The Bertz CT molecular complexity index is 1250. The topological polar surface area (TPSA) is 46.5 Å². The van der Waals surface area contributed by atoms with Gasteiger partial charge >= 0.3 is 0 Å². The van der Waals surface area contributed by atoms with Crippen LogP contribution in [0, 0.1) is 13.8 Å². The Morgan fingerprint density at radius 1 is 0.886 bits per heavy atom. The first kappa shape index (κ1) is 24.7. The molecule has 1 heterocycles. The SMILES string of the molecule is CCCCCCOc1ccc(/C=N\Nc2nc(-c3ccc(C)c(C)c3)c(-c3ccccc3)s2)cc1. The zero-order chi connectivity index (χ0) is 24.5. The fourth-order valence-electron chi connectivity index (χ4n) is 3.77. The van der Waals surface area contributed by atoms with Crippen LogP contribution in [0.3, 0.4) is 0 Å². The first-order valence-electron chi connectivity index (χ1n) is 12.3. The van der Waals surface area contributed by atoms with Gasteiger partial charge in [0.15, 0.2) is 0 Å². The number of nitrogens with zero attached hydrogens (tertiary/aromatic N) is 2. The van der Waals surface area contributed by atoms with Crippen LogP contribution >= 0.6 is 11.3 Å². The zero-order valence-corrected chi connectivity index (χ0v) is 21.6. The van der Waals surface area contributed by atoms with Gasteiger partial charge in [-0.25, -0.2) is 4.98 Å². The van der Waals surface area contributed by atoms with Crippen molar-refractivity contribution in [2.24, 2.45) is 5.10 Å². The molecule has 0 unspecified atom stereocenters. The smallest absolute Gasteiger partial charge is 0.204 e. The number of aryl methyl sites for hydroxylation is 2. The molecule has 4 aromatic rings. The number of ether oxygens (including phenoxy) is 1. The Morgan fingerprint density at radius 3 is 2.43 bits per heavy atom. The van der Waals surface area contributed by atoms with E-state index in [0.717, 1.165) is 51.2 Å². The Labute approximate surface area is 212 Å². The molecule has 0 aliphatic rings. The van der Waals surface area contributed by atoms with E-state index in [1.165, 1.54) is 30.4 Å². The number of hydrazone groups is 1. The molecule has 0 radical (unpaired) electrons. The third kappa shape index (κ3) is 6.80. The highest BCUT2D eigenvalue weighted by Gasteiger charge is 2.15. The van der Waals surface area contributed by atoms with Crippen LogP contribution in [-0.2, 0) is 0 Å². The minimum Gasteiger partial charge on any atom is -0.494 e. The summed E-state index contributed by atoms with van der Waals surface area (Å²) in [5, 5.41) is 5.21. The lowest BCUT2D eigenvalue weighted by Crippen LogP contribution is -1.97. The maximum absolute atomic E-state index is 5.83. The van der Waals surface area contributed by atoms with Gasteiger partial charge in [-0.15, -0.1) is 0 Å². The minimum atomic E-state index is 0.764. The summed E-state index contributed by atoms with van der Waals surface area (Å²) in [4.78, 5) is 6.03. The quantitative estimate of drug-likeness (QED) is 0.132. The number of rotatable bonds is 11. The highest BCUT2D eigenvalue weighted by atomic mass is 32.1. The third-order valence-corrected chi connectivity index (χ3v) is 6.97. The summed E-state index contributed by atoms with van der Waals surface area (Å²) < 4.78 is 5.83. The number of nitrogens with one attached hydrogen (secondary N) is 1. The van der Waals surface area contributed by atoms with Crippen molar-refractivity contribution in [3.8, 4) is 27.4 Å². The number of hydrogen-bond acceptors (Lipinski definition) is 5. The predicted molar refractivity (Wildman–Crippen MR) is 150 cm³/mol. The fourth-order valence-corrected chi connectivity index (χ4v) is 4.71. The highest BCUT2D eigenvalue weighted by molar-refractivity contribution is 7.19. The van der Waals surface area contributed by atoms with Crippen LogP contribution in [0.2, 0.25) is 0 Å². The summed E-state index contributed by atoms with van der Waals surface area (Å²) in [5.41, 5.74) is 9.92. The summed E-state index contributed by atoms with van der Waals surface area (Å²) in [6, 6.07) is 24.9. The Kier molecular flexibility index (Phi) is 8.68. The van der Waals surface area contributed by atoms with Crippen LogP contribution in [0.5, 0.6) is 5.75 Å². The Morgan fingerprint density at radius 2 is 1.69 bits per heavy atom. The molecule has 0 aliphatic heterocycles. The maximum atomic E-state index is 5.83. The normalized spacial score (nSPS) is 11.2. The number of benzene rings is 3. The molecule has 0 saturated heterocycles. The number of anilines is 1. The summed E-state index contributed by atoms with van der Waals surface area (Å²) in [6.45, 7) is 7.26. The average Bonchev–Trinajstić information content (AvgIpc) is 3.31. The molecule has 1 aromatic heterocycles. The number of unbranched alkanes of at least 4 members (excludes halogenated alkanes) is 3. The lowest BCUT2D eigenvalue weighted by Gasteiger charge is -2.06. The Hall–Kier alpha value is -3.44. The van der Waals surface area contributed by atoms with Gasteiger partial charge in [0.25, 0.3) is 0 Å². The molecule has 0 amide bonds. The summed E-state index contributed by atoms with van der Waals surface area (Å²) in [7, 11) is 0. The average molecular weight is 484 g/mol. The van der Waals surface area contributed by atoms with Crippen LogP contribution in [-0.4, -0.2) is 17.8 Å². The van der Waals surface area contributed by atoms with E-state index in [-0.39, 0.29) is 0 Å². The lowest BCUT2D eigenvalue weighted by molar-refractivity contribution is 0.305. The van der Waals surface area contributed by atoms with Gasteiger partial charge in [-0.05, 0) is 72.9 Å². The van der Waals surface area contributed by atoms with E-state index in [0.29, 0.717) is 0 Å². The van der Waals surface area contributed by atoms with Crippen LogP contribution in [0.25, 0.3) is 21.7 Å². The summed E-state index contributed by atoms with van der Waals surface area (Å²) >= 11 is 1.61. The molecular weight excluding hydrogens is 450 g/mol. The molecule has 3 aromatic carbocycles. The summed E-state index contributed by atoms with van der Waals surface area (Å²) in [6.07, 6.45) is 6.64. The number of thiazole rings is 1. The first-order chi connectivity index (χ1) is 17.1. The first-order valence-corrected chi connectivity index (χ1v) is 13.1. The van der Waals surface area contributed by atoms with Crippen LogP contribution in [0.1, 0.15) is 49.3 Å². The second kappa shape index (κ2) is 12.3. The summed E-state index contributed by atoms with van der Waals surface area (Å²) in [5.74, 6) is 0.900. The van der Waals surface area contributed by atoms with Gasteiger partial charge in [0.05, 0.1) is 23.4 Å². The van der Waals surface area contributed by atoms with Crippen molar-refractivity contribution < 1.29 is 4.74 Å². The van der Waals surface area contributed by atoms with Crippen molar-refractivity contribution in [3.63, 3.8) is 0 Å². The van der Waals surface area contributed by atoms with E-state index < -0.39 is 0 Å². The highest BCUT2D eigenvalue weighted by Crippen LogP contribution is 2.39. The van der Waals surface area contributed by atoms with E-state index in [2.05, 4.69) is 73.8 Å². The van der Waals surface area contributed by atoms with Crippen molar-refractivity contribution in [2.45, 2.75) is 46.5 Å². The van der Waals surface area contributed by atoms with Gasteiger partial charge < -0.3 is 4.74 Å². The molecule has 0 spiro atoms. The fraction of sp³-hybridized carbons (Fsp3) is 0.267. The largest absolute Gasteiger partial charge is 0.494 e. The van der Waals surface area contributed by atoms with E-state index in [1.807, 2.05) is 36.5 Å². The Balaban J connectivity index is 1.45. The maximum Gasteiger partial charge on any atom is 0.204 e. The molecule has 0 atom stereocenters. The van der Waals surface area contributed by atoms with Gasteiger partial charge in [0.2, 0.25) is 5.13 Å². The molecule has 1 N–H and O–H groups in total. The monoisotopic (exact) mass is 483 g/mol. The van der Waals surface area contributed by atoms with Crippen molar-refractivity contribution in [3.05, 3.63) is 89.5 Å². The van der Waals surface area contributed by atoms with Crippen molar-refractivity contribution in [1.29, 1.82) is 0 Å². The van der Waals surface area contributed by atoms with E-state index in [4.69, 9.17) is 9.72 Å². The number of aromatic nitrogens is 1.